The van der Waals surface area contributed by atoms with E-state index in [1.54, 1.807) is 25.8 Å². The van der Waals surface area contributed by atoms with Crippen molar-refractivity contribution in [3.8, 4) is 11.8 Å². The molecule has 1 unspecified atom stereocenters. The Labute approximate surface area is 187 Å². The molecular weight excluding hydrogens is 412 g/mol. The summed E-state index contributed by atoms with van der Waals surface area (Å²) in [4.78, 5) is 25.5. The van der Waals surface area contributed by atoms with Gasteiger partial charge in [-0.15, -0.1) is 0 Å². The molecule has 8 heteroatoms. The van der Waals surface area contributed by atoms with Crippen LogP contribution < -0.4 is 10.6 Å². The van der Waals surface area contributed by atoms with Gasteiger partial charge in [0.25, 0.3) is 0 Å². The number of nitrogens with one attached hydrogen (secondary N) is 2. The summed E-state index contributed by atoms with van der Waals surface area (Å²) in [5.41, 5.74) is 3.88. The Balaban J connectivity index is 1.35. The van der Waals surface area contributed by atoms with Crippen molar-refractivity contribution in [2.45, 2.75) is 45.1 Å². The molecule has 3 N–H and O–H groups in total. The molecule has 2 atom stereocenters. The van der Waals surface area contributed by atoms with Crippen molar-refractivity contribution in [3.63, 3.8) is 0 Å². The van der Waals surface area contributed by atoms with Crippen LogP contribution in [0.2, 0.25) is 0 Å². The number of carbonyl (C=O) groups is 2. The highest BCUT2D eigenvalue weighted by Gasteiger charge is 2.42. The molecule has 1 saturated heterocycles. The molecule has 1 fully saturated rings. The molecule has 0 saturated carbocycles. The molecule has 0 spiro atoms. The largest absolute Gasteiger partial charge is 0.361 e. The average Bonchev–Trinajstić information content (AvgIpc) is 3.02. The minimum atomic E-state index is -0.976. The van der Waals surface area contributed by atoms with E-state index in [0.717, 1.165) is 43.6 Å². The lowest BCUT2D eigenvalue weighted by Gasteiger charge is -2.28. The van der Waals surface area contributed by atoms with Crippen LogP contribution in [-0.2, 0) is 22.6 Å². The number of nitrogens with zero attached hydrogens (tertiary/aromatic N) is 2. The molecule has 0 bridgehead atoms. The summed E-state index contributed by atoms with van der Waals surface area (Å²) in [5, 5.41) is 14.9. The van der Waals surface area contributed by atoms with E-state index in [0.29, 0.717) is 12.3 Å². The Bertz CT molecular complexity index is 983. The summed E-state index contributed by atoms with van der Waals surface area (Å²) in [7, 11) is 0. The van der Waals surface area contributed by atoms with Crippen LogP contribution in [0, 0.1) is 11.8 Å². The number of rotatable bonds is 3. The quantitative estimate of drug-likeness (QED) is 0.480. The fourth-order valence-corrected chi connectivity index (χ4v) is 5.09. The normalized spacial score (nSPS) is 25.9. The molecule has 1 aromatic rings. The van der Waals surface area contributed by atoms with Gasteiger partial charge in [-0.3, -0.25) is 14.9 Å². The topological polar surface area (TPSA) is 84.9 Å². The standard InChI is InChI=1S/C23H28N4O3S/c1-16(28)26-11-10-20-18(4-3-5-19(20)14-26)7-6-17-8-12-27(13-9-17)31-15-23(2)21(29)24-22(30)25-23/h3-5,8,22,25,30H,9-15H2,1-2H3,(H,24,29)/t22?,23-/m1/s1. The molecule has 3 heterocycles. The minimum Gasteiger partial charge on any atom is -0.361 e. The van der Waals surface area contributed by atoms with E-state index in [-0.39, 0.29) is 11.8 Å². The Morgan fingerprint density at radius 2 is 2.16 bits per heavy atom. The van der Waals surface area contributed by atoms with Crippen LogP contribution in [0.25, 0.3) is 0 Å². The Hall–Kier alpha value is -2.31. The van der Waals surface area contributed by atoms with Crippen LogP contribution in [0.5, 0.6) is 0 Å². The average molecular weight is 441 g/mol. The zero-order valence-electron chi connectivity index (χ0n) is 17.9. The maximum atomic E-state index is 12.0. The lowest BCUT2D eigenvalue weighted by molar-refractivity contribution is -0.129. The highest BCUT2D eigenvalue weighted by molar-refractivity contribution is 7.97. The van der Waals surface area contributed by atoms with Gasteiger partial charge in [0.15, 0.2) is 6.35 Å². The number of hydrogen-bond donors (Lipinski definition) is 3. The molecule has 164 valence electrons. The minimum absolute atomic E-state index is 0.117. The van der Waals surface area contributed by atoms with Crippen molar-refractivity contribution in [2.24, 2.45) is 0 Å². The second-order valence-corrected chi connectivity index (χ2v) is 9.44. The van der Waals surface area contributed by atoms with E-state index < -0.39 is 11.9 Å². The van der Waals surface area contributed by atoms with Gasteiger partial charge in [0.05, 0.1) is 0 Å². The van der Waals surface area contributed by atoms with Gasteiger partial charge in [0.1, 0.15) is 5.54 Å². The number of hydrogen-bond acceptors (Lipinski definition) is 6. The van der Waals surface area contributed by atoms with Crippen molar-refractivity contribution in [1.29, 1.82) is 0 Å². The Kier molecular flexibility index (Phi) is 6.39. The third kappa shape index (κ3) is 4.96. The fourth-order valence-electron chi connectivity index (χ4n) is 4.04. The smallest absolute Gasteiger partial charge is 0.244 e. The van der Waals surface area contributed by atoms with Crippen molar-refractivity contribution < 1.29 is 14.7 Å². The zero-order chi connectivity index (χ0) is 22.0. The van der Waals surface area contributed by atoms with Gasteiger partial charge in [-0.1, -0.05) is 42.0 Å². The molecule has 4 rings (SSSR count). The van der Waals surface area contributed by atoms with E-state index in [9.17, 15) is 14.7 Å². The SMILES string of the molecule is CC(=O)N1CCc2c(C#CC3=CCN(SC[C@@]4(C)NC(O)NC4=O)CC3)cccc2C1. The zero-order valence-corrected chi connectivity index (χ0v) is 18.7. The first-order valence-electron chi connectivity index (χ1n) is 10.6. The van der Waals surface area contributed by atoms with E-state index in [1.165, 1.54) is 11.1 Å². The summed E-state index contributed by atoms with van der Waals surface area (Å²) >= 11 is 1.61. The number of benzene rings is 1. The van der Waals surface area contributed by atoms with E-state index in [1.807, 2.05) is 11.0 Å². The molecule has 0 aliphatic carbocycles. The molecule has 0 aromatic heterocycles. The highest BCUT2D eigenvalue weighted by atomic mass is 32.2. The van der Waals surface area contributed by atoms with Gasteiger partial charge in [-0.25, -0.2) is 4.31 Å². The van der Waals surface area contributed by atoms with Gasteiger partial charge in [0, 0.05) is 50.0 Å². The van der Waals surface area contributed by atoms with Crippen molar-refractivity contribution in [2.75, 3.05) is 25.4 Å². The van der Waals surface area contributed by atoms with Crippen molar-refractivity contribution in [3.05, 3.63) is 46.5 Å². The van der Waals surface area contributed by atoms with Gasteiger partial charge in [-0.05, 0) is 37.0 Å². The molecule has 2 amide bonds. The number of aliphatic hydroxyl groups is 1. The van der Waals surface area contributed by atoms with Crippen LogP contribution >= 0.6 is 11.9 Å². The molecule has 31 heavy (non-hydrogen) atoms. The number of fused-ring (bicyclic) bond motifs is 1. The van der Waals surface area contributed by atoms with Crippen LogP contribution in [-0.4, -0.2) is 63.4 Å². The first kappa shape index (κ1) is 21.9. The molecule has 0 radical (unpaired) electrons. The van der Waals surface area contributed by atoms with Gasteiger partial charge in [0.2, 0.25) is 11.8 Å². The van der Waals surface area contributed by atoms with E-state index in [2.05, 4.69) is 45.0 Å². The molecule has 3 aliphatic rings. The lowest BCUT2D eigenvalue weighted by Crippen LogP contribution is -2.47. The maximum Gasteiger partial charge on any atom is 0.244 e. The summed E-state index contributed by atoms with van der Waals surface area (Å²) < 4.78 is 2.22. The number of carbonyl (C=O) groups excluding carboxylic acids is 2. The first-order valence-corrected chi connectivity index (χ1v) is 11.5. The monoisotopic (exact) mass is 440 g/mol. The molecule has 7 nitrogen and oxygen atoms in total. The lowest BCUT2D eigenvalue weighted by atomic mass is 9.94. The van der Waals surface area contributed by atoms with Crippen LogP contribution in [0.4, 0.5) is 0 Å². The summed E-state index contributed by atoms with van der Waals surface area (Å²) in [6.45, 7) is 6.48. The number of aliphatic hydroxyl groups excluding tert-OH is 1. The van der Waals surface area contributed by atoms with Gasteiger partial charge >= 0.3 is 0 Å². The predicted octanol–water partition coefficient (Wildman–Crippen LogP) is 0.977. The first-order chi connectivity index (χ1) is 14.8. The van der Waals surface area contributed by atoms with Crippen molar-refractivity contribution >= 4 is 23.8 Å². The third-order valence-electron chi connectivity index (χ3n) is 6.00. The molecule has 3 aliphatic heterocycles. The molecular formula is C23H28N4O3S. The highest BCUT2D eigenvalue weighted by Crippen LogP contribution is 2.25. The van der Waals surface area contributed by atoms with Crippen molar-refractivity contribution in [1.82, 2.24) is 19.8 Å². The molecule has 1 aromatic carbocycles. The summed E-state index contributed by atoms with van der Waals surface area (Å²) in [6, 6.07) is 6.17. The van der Waals surface area contributed by atoms with Crippen LogP contribution in [0.1, 0.15) is 37.0 Å². The Morgan fingerprint density at radius 3 is 2.84 bits per heavy atom. The van der Waals surface area contributed by atoms with Gasteiger partial charge < -0.3 is 15.3 Å². The Morgan fingerprint density at radius 1 is 1.32 bits per heavy atom. The second-order valence-electron chi connectivity index (χ2n) is 8.38. The predicted molar refractivity (Wildman–Crippen MR) is 121 cm³/mol. The van der Waals surface area contributed by atoms with Gasteiger partial charge in [-0.2, -0.15) is 0 Å². The van der Waals surface area contributed by atoms with E-state index in [4.69, 9.17) is 0 Å². The van der Waals surface area contributed by atoms with Crippen LogP contribution in [0.3, 0.4) is 0 Å². The third-order valence-corrected chi connectivity index (χ3v) is 7.40. The van der Waals surface area contributed by atoms with E-state index >= 15 is 0 Å². The summed E-state index contributed by atoms with van der Waals surface area (Å²) in [5.74, 6) is 7.20. The summed E-state index contributed by atoms with van der Waals surface area (Å²) in [6.07, 6.45) is 2.88. The second kappa shape index (κ2) is 9.05. The maximum absolute atomic E-state index is 12.0. The van der Waals surface area contributed by atoms with Crippen LogP contribution in [0.15, 0.2) is 29.8 Å². The number of amides is 2. The fraction of sp³-hybridized carbons (Fsp3) is 0.478.